The Hall–Kier alpha value is -2.17. The van der Waals surface area contributed by atoms with E-state index in [1.54, 1.807) is 0 Å². The molecule has 0 aromatic carbocycles. The largest absolute Gasteiger partial charge is 0.480 e. The first kappa shape index (κ1) is 8.43. The minimum atomic E-state index is -0.735. The molecule has 14 heavy (non-hydrogen) atoms. The van der Waals surface area contributed by atoms with Gasteiger partial charge in [-0.15, -0.1) is 0 Å². The highest BCUT2D eigenvalue weighted by atomic mass is 16.5. The van der Waals surface area contributed by atoms with Gasteiger partial charge in [0, 0.05) is 17.4 Å². The van der Waals surface area contributed by atoms with Gasteiger partial charge in [-0.1, -0.05) is 0 Å². The van der Waals surface area contributed by atoms with Gasteiger partial charge in [0.25, 0.3) is 5.95 Å². The van der Waals surface area contributed by atoms with Gasteiger partial charge in [-0.2, -0.15) is 0 Å². The summed E-state index contributed by atoms with van der Waals surface area (Å²) in [5.74, 6) is -2.05. The molecule has 1 heterocycles. The minimum Gasteiger partial charge on any atom is -0.480 e. The van der Waals surface area contributed by atoms with Crippen molar-refractivity contribution in [2.24, 2.45) is 0 Å². The number of aromatic hydroxyl groups is 1. The van der Waals surface area contributed by atoms with Crippen LogP contribution in [0.25, 0.3) is 12.2 Å². The topological polar surface area (TPSA) is 84.6 Å². The van der Waals surface area contributed by atoms with E-state index in [9.17, 15) is 14.4 Å². The van der Waals surface area contributed by atoms with E-state index >= 15 is 0 Å². The summed E-state index contributed by atoms with van der Waals surface area (Å²) < 4.78 is 4.71. The molecule has 0 bridgehead atoms. The summed E-state index contributed by atoms with van der Waals surface area (Å²) in [6.45, 7) is 0. The Morgan fingerprint density at radius 3 is 2.50 bits per heavy atom. The first-order valence-electron chi connectivity index (χ1n) is 3.72. The van der Waals surface area contributed by atoms with Crippen LogP contribution in [0.15, 0.2) is 4.42 Å². The van der Waals surface area contributed by atoms with Gasteiger partial charge in [-0.3, -0.25) is 14.4 Å². The molecule has 1 N–H and O–H groups in total. The summed E-state index contributed by atoms with van der Waals surface area (Å²) in [6.07, 6.45) is 2.29. The fourth-order valence-corrected chi connectivity index (χ4v) is 1.22. The van der Waals surface area contributed by atoms with Crippen LogP contribution >= 0.6 is 0 Å². The maximum Gasteiger partial charge on any atom is 0.293 e. The van der Waals surface area contributed by atoms with Crippen LogP contribution in [0.3, 0.4) is 0 Å². The highest BCUT2D eigenvalue weighted by molar-refractivity contribution is 6.57. The van der Waals surface area contributed by atoms with Gasteiger partial charge in [0.05, 0.1) is 0 Å². The van der Waals surface area contributed by atoms with Gasteiger partial charge < -0.3 is 9.52 Å². The smallest absolute Gasteiger partial charge is 0.293 e. The maximum atomic E-state index is 11.0. The van der Waals surface area contributed by atoms with Crippen molar-refractivity contribution in [2.75, 3.05) is 0 Å². The zero-order chi connectivity index (χ0) is 10.3. The van der Waals surface area contributed by atoms with E-state index in [0.717, 1.165) is 12.2 Å². The van der Waals surface area contributed by atoms with E-state index in [1.165, 1.54) is 0 Å². The van der Waals surface area contributed by atoms with Gasteiger partial charge in [0.2, 0.25) is 11.6 Å². The first-order chi connectivity index (χ1) is 6.63. The van der Waals surface area contributed by atoms with Crippen LogP contribution in [-0.4, -0.2) is 23.0 Å². The quantitative estimate of drug-likeness (QED) is 0.433. The molecular weight excluding hydrogens is 188 g/mol. The van der Waals surface area contributed by atoms with E-state index in [-0.39, 0.29) is 16.2 Å². The van der Waals surface area contributed by atoms with Crippen molar-refractivity contribution in [1.29, 1.82) is 0 Å². The summed E-state index contributed by atoms with van der Waals surface area (Å²) in [5, 5.41) is 9.27. The molecule has 1 aliphatic rings. The van der Waals surface area contributed by atoms with E-state index in [0.29, 0.717) is 6.29 Å². The zero-order valence-corrected chi connectivity index (χ0v) is 6.81. The number of fused-ring (bicyclic) bond motifs is 1. The van der Waals surface area contributed by atoms with Crippen LogP contribution in [0.5, 0.6) is 5.95 Å². The summed E-state index contributed by atoms with van der Waals surface area (Å²) in [5.41, 5.74) is -0.0775. The molecule has 1 aromatic heterocycles. The van der Waals surface area contributed by atoms with Crippen molar-refractivity contribution in [3.8, 4) is 5.95 Å². The Morgan fingerprint density at radius 1 is 1.21 bits per heavy atom. The predicted octanol–water partition coefficient (Wildman–Crippen LogP) is -1.49. The normalized spacial score (nSPS) is 14.3. The fraction of sp³-hybridized carbons (Fsp3) is 0. The Morgan fingerprint density at radius 2 is 1.86 bits per heavy atom. The Labute approximate surface area is 76.9 Å². The van der Waals surface area contributed by atoms with Gasteiger partial charge in [0.1, 0.15) is 11.0 Å². The SMILES string of the molecule is O=Cc1c(O)oc2c1=CC(=O)C(=O)C=2. The summed E-state index contributed by atoms with van der Waals surface area (Å²) in [6, 6.07) is 0. The highest BCUT2D eigenvalue weighted by Crippen LogP contribution is 2.08. The van der Waals surface area contributed by atoms with E-state index < -0.39 is 17.5 Å². The third-order valence-electron chi connectivity index (χ3n) is 1.89. The Balaban J connectivity index is 2.93. The molecule has 0 spiro atoms. The molecule has 1 aliphatic carbocycles. The lowest BCUT2D eigenvalue weighted by atomic mass is 10.1. The number of furan rings is 1. The number of hydrogen-bond acceptors (Lipinski definition) is 5. The molecule has 70 valence electrons. The second-order valence-corrected chi connectivity index (χ2v) is 2.73. The highest BCUT2D eigenvalue weighted by Gasteiger charge is 2.18. The van der Waals surface area contributed by atoms with E-state index in [2.05, 4.69) is 0 Å². The molecule has 0 saturated heterocycles. The lowest BCUT2D eigenvalue weighted by Gasteiger charge is -1.90. The maximum absolute atomic E-state index is 11.0. The van der Waals surface area contributed by atoms with E-state index in [4.69, 9.17) is 9.52 Å². The summed E-state index contributed by atoms with van der Waals surface area (Å²) in [4.78, 5) is 32.4. The number of rotatable bonds is 1. The molecule has 2 rings (SSSR count). The van der Waals surface area contributed by atoms with Crippen LogP contribution < -0.4 is 10.6 Å². The molecule has 1 aromatic rings. The number of ketones is 2. The number of Topliss-reactive ketones (excluding diaryl/α,β-unsaturated/α-hetero) is 2. The molecule has 0 saturated carbocycles. The van der Waals surface area contributed by atoms with Gasteiger partial charge in [-0.05, 0) is 0 Å². The van der Waals surface area contributed by atoms with Crippen molar-refractivity contribution < 1.29 is 23.9 Å². The second-order valence-electron chi connectivity index (χ2n) is 2.73. The van der Waals surface area contributed by atoms with Gasteiger partial charge >= 0.3 is 0 Å². The predicted molar refractivity (Wildman–Crippen MR) is 44.0 cm³/mol. The zero-order valence-electron chi connectivity index (χ0n) is 6.81. The number of aldehydes is 1. The third kappa shape index (κ3) is 0.990. The van der Waals surface area contributed by atoms with Crippen molar-refractivity contribution >= 4 is 30.0 Å². The molecule has 0 radical (unpaired) electrons. The Bertz CT molecular complexity index is 561. The monoisotopic (exact) mass is 192 g/mol. The summed E-state index contributed by atoms with van der Waals surface area (Å²) in [7, 11) is 0. The van der Waals surface area contributed by atoms with Crippen LogP contribution in [0.4, 0.5) is 0 Å². The number of carbonyl (C=O) groups excluding carboxylic acids is 3. The van der Waals surface area contributed by atoms with Gasteiger partial charge in [0.15, 0.2) is 6.29 Å². The molecule has 0 atom stereocenters. The van der Waals surface area contributed by atoms with Crippen molar-refractivity contribution in [1.82, 2.24) is 0 Å². The first-order valence-corrected chi connectivity index (χ1v) is 3.72. The van der Waals surface area contributed by atoms with Crippen LogP contribution in [-0.2, 0) is 9.59 Å². The van der Waals surface area contributed by atoms with Crippen molar-refractivity contribution in [2.45, 2.75) is 0 Å². The average molecular weight is 192 g/mol. The van der Waals surface area contributed by atoms with Gasteiger partial charge in [-0.25, -0.2) is 0 Å². The molecule has 0 unspecified atom stereocenters. The molecular formula is C9H4O5. The second kappa shape index (κ2) is 2.66. The fourth-order valence-electron chi connectivity index (χ4n) is 1.22. The molecule has 0 fully saturated rings. The standard InChI is InChI=1S/C9H4O5/c10-3-5-4-1-6(11)7(12)2-8(4)14-9(5)13/h1-3,13H. The third-order valence-corrected chi connectivity index (χ3v) is 1.89. The minimum absolute atomic E-state index is 0.0363. The molecule has 5 heteroatoms. The lowest BCUT2D eigenvalue weighted by molar-refractivity contribution is -0.129. The van der Waals surface area contributed by atoms with Crippen LogP contribution in [0.2, 0.25) is 0 Å². The molecule has 5 nitrogen and oxygen atoms in total. The van der Waals surface area contributed by atoms with Crippen LogP contribution in [0.1, 0.15) is 10.4 Å². The van der Waals surface area contributed by atoms with Crippen molar-refractivity contribution in [3.05, 3.63) is 16.2 Å². The number of hydrogen-bond donors (Lipinski definition) is 1. The van der Waals surface area contributed by atoms with Crippen molar-refractivity contribution in [3.63, 3.8) is 0 Å². The van der Waals surface area contributed by atoms with E-state index in [1.807, 2.05) is 0 Å². The van der Waals surface area contributed by atoms with Crippen LogP contribution in [0, 0.1) is 0 Å². The molecule has 0 amide bonds. The Kier molecular flexibility index (Phi) is 1.60. The molecule has 0 aliphatic heterocycles. The number of carbonyl (C=O) groups is 3. The lowest BCUT2D eigenvalue weighted by Crippen LogP contribution is -2.32. The average Bonchev–Trinajstić information content (AvgIpc) is 2.42. The summed E-state index contributed by atoms with van der Waals surface area (Å²) >= 11 is 0.